The number of benzene rings is 2. The van der Waals surface area contributed by atoms with Crippen LogP contribution >= 0.6 is 0 Å². The Labute approximate surface area is 131 Å². The van der Waals surface area contributed by atoms with E-state index in [0.717, 1.165) is 49.7 Å². The van der Waals surface area contributed by atoms with E-state index >= 15 is 0 Å². The van der Waals surface area contributed by atoms with Crippen molar-refractivity contribution in [3.63, 3.8) is 0 Å². The lowest BCUT2D eigenvalue weighted by Gasteiger charge is -2.36. The molecule has 22 heavy (non-hydrogen) atoms. The Hall–Kier alpha value is -2.07. The molecule has 0 spiro atoms. The summed E-state index contributed by atoms with van der Waals surface area (Å²) in [4.78, 5) is 4.76. The lowest BCUT2D eigenvalue weighted by molar-refractivity contribution is 0.250. The third-order valence-corrected chi connectivity index (χ3v) is 4.30. The summed E-state index contributed by atoms with van der Waals surface area (Å²) in [5.74, 6) is -0.180. The first-order chi connectivity index (χ1) is 10.6. The Bertz CT molecular complexity index is 631. The molecule has 0 aromatic heterocycles. The number of nitrogens with zero attached hydrogens (tertiary/aromatic N) is 2. The third kappa shape index (κ3) is 3.39. The molecule has 2 aromatic rings. The van der Waals surface area contributed by atoms with Gasteiger partial charge in [-0.25, -0.2) is 4.39 Å². The minimum absolute atomic E-state index is 0.180. The van der Waals surface area contributed by atoms with Crippen LogP contribution in [0.15, 0.2) is 42.5 Å². The van der Waals surface area contributed by atoms with Crippen LogP contribution in [0.1, 0.15) is 11.1 Å². The Morgan fingerprint density at radius 2 is 1.68 bits per heavy atom. The fourth-order valence-corrected chi connectivity index (χ4v) is 2.91. The standard InChI is InChI=1S/C18H22FN3/c1-14-12-15(2-7-18(14)20)13-21-8-10-22(11-9-21)17-5-3-16(19)4-6-17/h2-7,12H,8-11,13,20H2,1H3. The number of hydrogen-bond donors (Lipinski definition) is 1. The van der Waals surface area contributed by atoms with Crippen molar-refractivity contribution in [2.45, 2.75) is 13.5 Å². The van der Waals surface area contributed by atoms with Crippen molar-refractivity contribution in [3.05, 3.63) is 59.4 Å². The van der Waals surface area contributed by atoms with Crippen LogP contribution in [0, 0.1) is 12.7 Å². The number of anilines is 2. The predicted molar refractivity (Wildman–Crippen MR) is 89.5 cm³/mol. The lowest BCUT2D eigenvalue weighted by Crippen LogP contribution is -2.45. The maximum Gasteiger partial charge on any atom is 0.123 e. The molecule has 2 N–H and O–H groups in total. The summed E-state index contributed by atoms with van der Waals surface area (Å²) in [5.41, 5.74) is 10.3. The summed E-state index contributed by atoms with van der Waals surface area (Å²) in [6, 6.07) is 13.0. The first-order valence-electron chi connectivity index (χ1n) is 7.70. The van der Waals surface area contributed by atoms with Crippen LogP contribution in [0.4, 0.5) is 15.8 Å². The van der Waals surface area contributed by atoms with E-state index in [1.54, 1.807) is 0 Å². The average Bonchev–Trinajstić information content (AvgIpc) is 2.53. The van der Waals surface area contributed by atoms with E-state index in [1.807, 2.05) is 25.1 Å². The molecule has 0 radical (unpaired) electrons. The fraction of sp³-hybridized carbons (Fsp3) is 0.333. The zero-order valence-electron chi connectivity index (χ0n) is 12.9. The Morgan fingerprint density at radius 1 is 1.00 bits per heavy atom. The van der Waals surface area contributed by atoms with E-state index in [1.165, 1.54) is 17.7 Å². The quantitative estimate of drug-likeness (QED) is 0.884. The molecule has 3 rings (SSSR count). The van der Waals surface area contributed by atoms with Gasteiger partial charge in [0.05, 0.1) is 0 Å². The highest BCUT2D eigenvalue weighted by atomic mass is 19.1. The van der Waals surface area contributed by atoms with Crippen LogP contribution in [-0.4, -0.2) is 31.1 Å². The lowest BCUT2D eigenvalue weighted by atomic mass is 10.1. The first kappa shape index (κ1) is 14.9. The topological polar surface area (TPSA) is 32.5 Å². The van der Waals surface area contributed by atoms with Gasteiger partial charge < -0.3 is 10.6 Å². The minimum Gasteiger partial charge on any atom is -0.399 e. The molecule has 1 fully saturated rings. The van der Waals surface area contributed by atoms with Crippen molar-refractivity contribution in [2.75, 3.05) is 36.8 Å². The monoisotopic (exact) mass is 299 g/mol. The number of halogens is 1. The van der Waals surface area contributed by atoms with E-state index < -0.39 is 0 Å². The van der Waals surface area contributed by atoms with Crippen LogP contribution in [0.3, 0.4) is 0 Å². The van der Waals surface area contributed by atoms with Gasteiger partial charge in [0, 0.05) is 44.1 Å². The molecular formula is C18H22FN3. The molecule has 4 heteroatoms. The Kier molecular flexibility index (Phi) is 4.29. The maximum atomic E-state index is 13.0. The largest absolute Gasteiger partial charge is 0.399 e. The van der Waals surface area contributed by atoms with Crippen molar-refractivity contribution in [3.8, 4) is 0 Å². The Balaban J connectivity index is 1.57. The second-order valence-electron chi connectivity index (χ2n) is 5.93. The smallest absolute Gasteiger partial charge is 0.123 e. The first-order valence-corrected chi connectivity index (χ1v) is 7.70. The summed E-state index contributed by atoms with van der Waals surface area (Å²) in [6.45, 7) is 6.98. The summed E-state index contributed by atoms with van der Waals surface area (Å²) in [5, 5.41) is 0. The number of nitrogens with two attached hydrogens (primary N) is 1. The van der Waals surface area contributed by atoms with E-state index in [9.17, 15) is 4.39 Å². The molecule has 0 unspecified atom stereocenters. The second kappa shape index (κ2) is 6.36. The van der Waals surface area contributed by atoms with Crippen molar-refractivity contribution in [1.82, 2.24) is 4.90 Å². The van der Waals surface area contributed by atoms with Gasteiger partial charge in [-0.15, -0.1) is 0 Å². The normalized spacial score (nSPS) is 16.0. The highest BCUT2D eigenvalue weighted by molar-refractivity contribution is 5.48. The summed E-state index contributed by atoms with van der Waals surface area (Å²) in [6.07, 6.45) is 0. The third-order valence-electron chi connectivity index (χ3n) is 4.30. The van der Waals surface area contributed by atoms with Crippen LogP contribution < -0.4 is 10.6 Å². The number of aryl methyl sites for hydroxylation is 1. The van der Waals surface area contributed by atoms with Crippen molar-refractivity contribution in [1.29, 1.82) is 0 Å². The molecule has 116 valence electrons. The summed E-state index contributed by atoms with van der Waals surface area (Å²) in [7, 11) is 0. The fourth-order valence-electron chi connectivity index (χ4n) is 2.91. The van der Waals surface area contributed by atoms with Gasteiger partial charge in [0.2, 0.25) is 0 Å². The molecule has 0 atom stereocenters. The highest BCUT2D eigenvalue weighted by Gasteiger charge is 2.17. The molecule has 0 bridgehead atoms. The number of nitrogen functional groups attached to an aromatic ring is 1. The van der Waals surface area contributed by atoms with Gasteiger partial charge in [-0.2, -0.15) is 0 Å². The molecule has 0 aliphatic carbocycles. The Morgan fingerprint density at radius 3 is 2.32 bits per heavy atom. The van der Waals surface area contributed by atoms with Crippen LogP contribution in [0.2, 0.25) is 0 Å². The van der Waals surface area contributed by atoms with Gasteiger partial charge in [-0.05, 0) is 48.4 Å². The van der Waals surface area contributed by atoms with Gasteiger partial charge in [-0.3, -0.25) is 4.90 Å². The molecule has 2 aromatic carbocycles. The van der Waals surface area contributed by atoms with Gasteiger partial charge >= 0.3 is 0 Å². The van der Waals surface area contributed by atoms with Crippen molar-refractivity contribution >= 4 is 11.4 Å². The molecule has 1 heterocycles. The van der Waals surface area contributed by atoms with E-state index in [2.05, 4.69) is 21.9 Å². The van der Waals surface area contributed by atoms with E-state index in [-0.39, 0.29) is 5.82 Å². The molecule has 1 aliphatic heterocycles. The zero-order chi connectivity index (χ0) is 15.5. The van der Waals surface area contributed by atoms with Crippen LogP contribution in [0.25, 0.3) is 0 Å². The van der Waals surface area contributed by atoms with Gasteiger partial charge in [0.15, 0.2) is 0 Å². The molecule has 0 saturated carbocycles. The molecule has 0 amide bonds. The number of rotatable bonds is 3. The summed E-state index contributed by atoms with van der Waals surface area (Å²) < 4.78 is 13.0. The second-order valence-corrected chi connectivity index (χ2v) is 5.93. The highest BCUT2D eigenvalue weighted by Crippen LogP contribution is 2.19. The predicted octanol–water partition coefficient (Wildman–Crippen LogP) is 3.04. The van der Waals surface area contributed by atoms with E-state index in [4.69, 9.17) is 5.73 Å². The molecular weight excluding hydrogens is 277 g/mol. The van der Waals surface area contributed by atoms with E-state index in [0.29, 0.717) is 0 Å². The minimum atomic E-state index is -0.180. The SMILES string of the molecule is Cc1cc(CN2CCN(c3ccc(F)cc3)CC2)ccc1N. The van der Waals surface area contributed by atoms with Gasteiger partial charge in [-0.1, -0.05) is 12.1 Å². The van der Waals surface area contributed by atoms with Gasteiger partial charge in [0.25, 0.3) is 0 Å². The average molecular weight is 299 g/mol. The summed E-state index contributed by atoms with van der Waals surface area (Å²) >= 11 is 0. The van der Waals surface area contributed by atoms with Crippen molar-refractivity contribution in [2.24, 2.45) is 0 Å². The molecule has 1 aliphatic rings. The molecule has 3 nitrogen and oxygen atoms in total. The zero-order valence-corrected chi connectivity index (χ0v) is 12.9. The maximum absolute atomic E-state index is 13.0. The van der Waals surface area contributed by atoms with Gasteiger partial charge in [0.1, 0.15) is 5.82 Å². The van der Waals surface area contributed by atoms with Crippen LogP contribution in [-0.2, 0) is 6.54 Å². The number of hydrogen-bond acceptors (Lipinski definition) is 3. The number of piperazine rings is 1. The van der Waals surface area contributed by atoms with Crippen molar-refractivity contribution < 1.29 is 4.39 Å². The molecule has 1 saturated heterocycles. The van der Waals surface area contributed by atoms with Crippen LogP contribution in [0.5, 0.6) is 0 Å².